The number of carbonyl (C=O) groups is 2. The second-order valence-corrected chi connectivity index (χ2v) is 6.25. The number of benzene rings is 1. The summed E-state index contributed by atoms with van der Waals surface area (Å²) in [6, 6.07) is 5.45. The number of carbonyl (C=O) groups excluding carboxylic acids is 2. The number of nitrogens with one attached hydrogen (secondary N) is 1. The van der Waals surface area contributed by atoms with Crippen LogP contribution >= 0.6 is 23.2 Å². The van der Waals surface area contributed by atoms with Crippen molar-refractivity contribution in [2.75, 3.05) is 39.9 Å². The van der Waals surface area contributed by atoms with Crippen LogP contribution < -0.4 is 5.32 Å². The minimum atomic E-state index is -0.464. The first-order valence-corrected chi connectivity index (χ1v) is 8.37. The van der Waals surface area contributed by atoms with Crippen LogP contribution in [0.25, 0.3) is 0 Å². The van der Waals surface area contributed by atoms with Gasteiger partial charge in [-0.2, -0.15) is 0 Å². The van der Waals surface area contributed by atoms with Gasteiger partial charge in [-0.1, -0.05) is 29.3 Å². The van der Waals surface area contributed by atoms with Crippen LogP contribution in [0.2, 0.25) is 10.0 Å². The molecule has 8 heteroatoms. The van der Waals surface area contributed by atoms with Gasteiger partial charge in [-0.05, 0) is 17.7 Å². The summed E-state index contributed by atoms with van der Waals surface area (Å²) in [5.74, 6) is -0.646. The molecule has 1 aromatic rings. The van der Waals surface area contributed by atoms with Crippen molar-refractivity contribution in [3.63, 3.8) is 0 Å². The van der Waals surface area contributed by atoms with Crippen molar-refractivity contribution >= 4 is 35.1 Å². The van der Waals surface area contributed by atoms with Crippen molar-refractivity contribution in [1.29, 1.82) is 0 Å². The van der Waals surface area contributed by atoms with Crippen LogP contribution in [-0.2, 0) is 19.1 Å². The molecule has 24 heavy (non-hydrogen) atoms. The smallest absolute Gasteiger partial charge is 0.325 e. The van der Waals surface area contributed by atoms with Gasteiger partial charge in [0.05, 0.1) is 29.9 Å². The highest BCUT2D eigenvalue weighted by atomic mass is 35.5. The molecule has 2 rings (SSSR count). The number of morpholine rings is 1. The molecule has 1 unspecified atom stereocenters. The summed E-state index contributed by atoms with van der Waals surface area (Å²) in [5, 5.41) is 3.53. The Balaban J connectivity index is 1.81. The largest absolute Gasteiger partial charge is 0.468 e. The van der Waals surface area contributed by atoms with Gasteiger partial charge in [0, 0.05) is 26.1 Å². The lowest BCUT2D eigenvalue weighted by Gasteiger charge is -2.33. The molecule has 1 aromatic carbocycles. The van der Waals surface area contributed by atoms with E-state index in [9.17, 15) is 9.59 Å². The van der Waals surface area contributed by atoms with E-state index >= 15 is 0 Å². The number of halogens is 2. The topological polar surface area (TPSA) is 67.9 Å². The third-order valence-electron chi connectivity index (χ3n) is 3.78. The minimum Gasteiger partial charge on any atom is -0.468 e. The van der Waals surface area contributed by atoms with Gasteiger partial charge in [-0.15, -0.1) is 0 Å². The lowest BCUT2D eigenvalue weighted by atomic mass is 10.1. The Morgan fingerprint density at radius 3 is 2.88 bits per heavy atom. The van der Waals surface area contributed by atoms with Gasteiger partial charge >= 0.3 is 5.97 Å². The summed E-state index contributed by atoms with van der Waals surface area (Å²) in [4.78, 5) is 24.9. The van der Waals surface area contributed by atoms with E-state index in [2.05, 4.69) is 15.0 Å². The molecule has 1 aliphatic heterocycles. The number of ether oxygens (including phenoxy) is 2. The molecule has 0 radical (unpaired) electrons. The Kier molecular flexibility index (Phi) is 7.30. The van der Waals surface area contributed by atoms with E-state index in [4.69, 9.17) is 27.9 Å². The van der Waals surface area contributed by atoms with Gasteiger partial charge in [0.1, 0.15) is 6.54 Å². The Hall–Kier alpha value is -1.34. The first kappa shape index (κ1) is 19.0. The number of hydrogen-bond acceptors (Lipinski definition) is 5. The SMILES string of the molecule is COC(=O)CNC(=O)CCN1CCOC(c2ccc(Cl)c(Cl)c2)C1. The predicted octanol–water partition coefficient (Wildman–Crippen LogP) is 2.05. The normalized spacial score (nSPS) is 18.2. The van der Waals surface area contributed by atoms with Crippen LogP contribution in [0.5, 0.6) is 0 Å². The molecule has 1 aliphatic rings. The second kappa shape index (κ2) is 9.22. The van der Waals surface area contributed by atoms with Crippen LogP contribution in [0.1, 0.15) is 18.1 Å². The number of methoxy groups -OCH3 is 1. The average Bonchev–Trinajstić information content (AvgIpc) is 2.60. The zero-order chi connectivity index (χ0) is 17.5. The molecule has 0 spiro atoms. The van der Waals surface area contributed by atoms with Gasteiger partial charge in [0.2, 0.25) is 5.91 Å². The molecule has 1 atom stereocenters. The third-order valence-corrected chi connectivity index (χ3v) is 4.52. The van der Waals surface area contributed by atoms with Crippen molar-refractivity contribution in [2.45, 2.75) is 12.5 Å². The van der Waals surface area contributed by atoms with Gasteiger partial charge in [-0.25, -0.2) is 0 Å². The fourth-order valence-electron chi connectivity index (χ4n) is 2.41. The Labute approximate surface area is 151 Å². The maximum Gasteiger partial charge on any atom is 0.325 e. The minimum absolute atomic E-state index is 0.105. The quantitative estimate of drug-likeness (QED) is 0.771. The summed E-state index contributed by atoms with van der Waals surface area (Å²) >= 11 is 12.0. The molecule has 0 bridgehead atoms. The van der Waals surface area contributed by atoms with E-state index < -0.39 is 5.97 Å². The van der Waals surface area contributed by atoms with E-state index in [1.165, 1.54) is 7.11 Å². The highest BCUT2D eigenvalue weighted by Crippen LogP contribution is 2.29. The molecular weight excluding hydrogens is 355 g/mol. The zero-order valence-corrected chi connectivity index (χ0v) is 14.9. The Morgan fingerprint density at radius 2 is 2.17 bits per heavy atom. The van der Waals surface area contributed by atoms with Gasteiger partial charge in [0.15, 0.2) is 0 Å². The fourth-order valence-corrected chi connectivity index (χ4v) is 2.72. The lowest BCUT2D eigenvalue weighted by molar-refractivity contribution is -0.141. The summed E-state index contributed by atoms with van der Waals surface area (Å²) in [6.45, 7) is 2.48. The standard InChI is InChI=1S/C16H20Cl2N2O4/c1-23-16(22)9-19-15(21)4-5-20-6-7-24-14(10-20)11-2-3-12(17)13(18)8-11/h2-3,8,14H,4-7,9-10H2,1H3,(H,19,21). The summed E-state index contributed by atoms with van der Waals surface area (Å²) < 4.78 is 10.3. The number of nitrogens with zero attached hydrogens (tertiary/aromatic N) is 1. The monoisotopic (exact) mass is 374 g/mol. The molecule has 1 heterocycles. The molecule has 6 nitrogen and oxygen atoms in total. The molecular formula is C16H20Cl2N2O4. The predicted molar refractivity (Wildman–Crippen MR) is 91.2 cm³/mol. The van der Waals surface area contributed by atoms with Crippen LogP contribution in [0.15, 0.2) is 18.2 Å². The maximum atomic E-state index is 11.7. The molecule has 1 amide bonds. The first-order chi connectivity index (χ1) is 11.5. The summed E-state index contributed by atoms with van der Waals surface area (Å²) in [6.07, 6.45) is 0.206. The Morgan fingerprint density at radius 1 is 1.38 bits per heavy atom. The van der Waals surface area contributed by atoms with Crippen LogP contribution in [0, 0.1) is 0 Å². The van der Waals surface area contributed by atoms with Gasteiger partial charge < -0.3 is 14.8 Å². The molecule has 1 saturated heterocycles. The van der Waals surface area contributed by atoms with Crippen LogP contribution in [0.3, 0.4) is 0 Å². The molecule has 0 aliphatic carbocycles. The van der Waals surface area contributed by atoms with E-state index in [0.29, 0.717) is 36.2 Å². The van der Waals surface area contributed by atoms with Crippen molar-refractivity contribution < 1.29 is 19.1 Å². The van der Waals surface area contributed by atoms with Crippen molar-refractivity contribution in [3.8, 4) is 0 Å². The second-order valence-electron chi connectivity index (χ2n) is 5.44. The number of amides is 1. The number of rotatable bonds is 6. The summed E-state index contributed by atoms with van der Waals surface area (Å²) in [7, 11) is 1.28. The van der Waals surface area contributed by atoms with Crippen LogP contribution in [-0.4, -0.2) is 56.7 Å². The van der Waals surface area contributed by atoms with Crippen molar-refractivity contribution in [3.05, 3.63) is 33.8 Å². The van der Waals surface area contributed by atoms with E-state index in [-0.39, 0.29) is 18.6 Å². The van der Waals surface area contributed by atoms with Gasteiger partial charge in [-0.3, -0.25) is 14.5 Å². The van der Waals surface area contributed by atoms with E-state index in [0.717, 1.165) is 12.1 Å². The molecule has 0 saturated carbocycles. The maximum absolute atomic E-state index is 11.7. The van der Waals surface area contributed by atoms with E-state index in [1.54, 1.807) is 12.1 Å². The lowest BCUT2D eigenvalue weighted by Crippen LogP contribution is -2.40. The molecule has 1 fully saturated rings. The Bertz CT molecular complexity index is 597. The number of esters is 1. The third kappa shape index (κ3) is 5.63. The first-order valence-electron chi connectivity index (χ1n) is 7.62. The molecule has 0 aromatic heterocycles. The van der Waals surface area contributed by atoms with Gasteiger partial charge in [0.25, 0.3) is 0 Å². The van der Waals surface area contributed by atoms with Crippen molar-refractivity contribution in [2.24, 2.45) is 0 Å². The summed E-state index contributed by atoms with van der Waals surface area (Å²) in [5.41, 5.74) is 0.962. The molecule has 1 N–H and O–H groups in total. The van der Waals surface area contributed by atoms with Crippen molar-refractivity contribution in [1.82, 2.24) is 10.2 Å². The average molecular weight is 375 g/mol. The molecule has 132 valence electrons. The number of hydrogen-bond donors (Lipinski definition) is 1. The zero-order valence-electron chi connectivity index (χ0n) is 13.4. The van der Waals surface area contributed by atoms with E-state index in [1.807, 2.05) is 6.07 Å². The highest BCUT2D eigenvalue weighted by Gasteiger charge is 2.23. The highest BCUT2D eigenvalue weighted by molar-refractivity contribution is 6.42. The fraction of sp³-hybridized carbons (Fsp3) is 0.500. The van der Waals surface area contributed by atoms with Crippen LogP contribution in [0.4, 0.5) is 0 Å².